The average molecular weight is 433 g/mol. The molecule has 2 aromatic rings. The van der Waals surface area contributed by atoms with Gasteiger partial charge in [0.25, 0.3) is 0 Å². The summed E-state index contributed by atoms with van der Waals surface area (Å²) in [5, 5.41) is 2.97. The van der Waals surface area contributed by atoms with Crippen LogP contribution in [0, 0.1) is 12.8 Å². The molecule has 0 aliphatic carbocycles. The molecule has 0 aromatic heterocycles. The maximum atomic E-state index is 12.2. The van der Waals surface area contributed by atoms with Crippen molar-refractivity contribution in [1.82, 2.24) is 5.32 Å². The van der Waals surface area contributed by atoms with E-state index in [-0.39, 0.29) is 25.2 Å². The fourth-order valence-corrected chi connectivity index (χ4v) is 4.67. The van der Waals surface area contributed by atoms with Crippen LogP contribution in [-0.2, 0) is 32.3 Å². The quantitative estimate of drug-likeness (QED) is 0.236. The van der Waals surface area contributed by atoms with Crippen LogP contribution >= 0.6 is 21.6 Å². The van der Waals surface area contributed by atoms with E-state index in [1.807, 2.05) is 60.7 Å². The van der Waals surface area contributed by atoms with Crippen LogP contribution < -0.4 is 5.32 Å². The lowest BCUT2D eigenvalue weighted by molar-refractivity contribution is -0.148. The van der Waals surface area contributed by atoms with Gasteiger partial charge < -0.3 is 14.8 Å². The van der Waals surface area contributed by atoms with Gasteiger partial charge in [0.2, 0.25) is 5.92 Å². The Balaban J connectivity index is 1.62. The zero-order chi connectivity index (χ0) is 20.9. The van der Waals surface area contributed by atoms with Crippen LogP contribution in [0.25, 0.3) is 0 Å². The third-order valence-electron chi connectivity index (χ3n) is 4.00. The van der Waals surface area contributed by atoms with Crippen molar-refractivity contribution in [3.8, 4) is 0 Å². The summed E-state index contributed by atoms with van der Waals surface area (Å²) < 4.78 is 10.7. The number of esters is 2. The smallest absolute Gasteiger partial charge is 0.355 e. The lowest BCUT2D eigenvalue weighted by Crippen LogP contribution is -2.37. The summed E-state index contributed by atoms with van der Waals surface area (Å²) in [5.41, 5.74) is 1.90. The highest BCUT2D eigenvalue weighted by Crippen LogP contribution is 2.25. The fourth-order valence-electron chi connectivity index (χ4n) is 2.26. The van der Waals surface area contributed by atoms with Crippen LogP contribution in [0.1, 0.15) is 11.1 Å². The molecule has 2 aromatic carbocycles. The van der Waals surface area contributed by atoms with E-state index in [9.17, 15) is 9.59 Å². The van der Waals surface area contributed by atoms with Gasteiger partial charge in [0.1, 0.15) is 19.3 Å². The Morgan fingerprint density at radius 2 is 1.34 bits per heavy atom. The number of carbonyl (C=O) groups excluding carboxylic acids is 2. The van der Waals surface area contributed by atoms with E-state index in [4.69, 9.17) is 9.47 Å². The summed E-state index contributed by atoms with van der Waals surface area (Å²) in [4.78, 5) is 24.2. The van der Waals surface area contributed by atoms with E-state index in [1.165, 1.54) is 21.6 Å². The van der Waals surface area contributed by atoms with Crippen LogP contribution in [-0.4, -0.2) is 36.5 Å². The predicted molar refractivity (Wildman–Crippen MR) is 119 cm³/mol. The Morgan fingerprint density at radius 1 is 0.862 bits per heavy atom. The van der Waals surface area contributed by atoms with Crippen molar-refractivity contribution in [2.75, 3.05) is 18.6 Å². The number of likely N-dealkylation sites (N-methyl/N-ethyl adjacent to an activating group) is 1. The van der Waals surface area contributed by atoms with Crippen LogP contribution in [0.15, 0.2) is 60.7 Å². The van der Waals surface area contributed by atoms with E-state index in [0.717, 1.165) is 11.1 Å². The second kappa shape index (κ2) is 13.2. The largest absolute Gasteiger partial charge is 0.460 e. The molecule has 2 unspecified atom stereocenters. The second-order valence-corrected chi connectivity index (χ2v) is 8.85. The number of carbonyl (C=O) groups is 2. The molecule has 0 heterocycles. The van der Waals surface area contributed by atoms with Crippen molar-refractivity contribution in [3.63, 3.8) is 0 Å². The topological polar surface area (TPSA) is 64.6 Å². The first-order valence-electron chi connectivity index (χ1n) is 9.26. The molecular formula is C22H26NO4S2+. The van der Waals surface area contributed by atoms with Crippen molar-refractivity contribution in [2.45, 2.75) is 19.3 Å². The Hall–Kier alpha value is -2.09. The molecule has 154 valence electrons. The SMILES string of the molecule is [CH2+]C(CSSCC(NC)C(=O)OCc1ccccc1)C(=O)OCc1ccccc1. The van der Waals surface area contributed by atoms with Gasteiger partial charge in [0, 0.05) is 5.75 Å². The van der Waals surface area contributed by atoms with Crippen LogP contribution in [0.5, 0.6) is 0 Å². The first-order chi connectivity index (χ1) is 14.1. The number of ether oxygens (including phenoxy) is 2. The predicted octanol–water partition coefficient (Wildman–Crippen LogP) is 3.89. The summed E-state index contributed by atoms with van der Waals surface area (Å²) in [6.45, 7) is 4.37. The highest BCUT2D eigenvalue weighted by atomic mass is 33.1. The second-order valence-electron chi connectivity index (χ2n) is 6.29. The molecule has 0 bridgehead atoms. The zero-order valence-electron chi connectivity index (χ0n) is 16.4. The average Bonchev–Trinajstić information content (AvgIpc) is 2.77. The van der Waals surface area contributed by atoms with Crippen molar-refractivity contribution >= 4 is 33.5 Å². The monoisotopic (exact) mass is 432 g/mol. The Kier molecular flexibility index (Phi) is 10.5. The summed E-state index contributed by atoms with van der Waals surface area (Å²) in [6.07, 6.45) is 0. The van der Waals surface area contributed by atoms with E-state index in [0.29, 0.717) is 11.5 Å². The maximum Gasteiger partial charge on any atom is 0.355 e. The number of hydrogen-bond donors (Lipinski definition) is 1. The highest BCUT2D eigenvalue weighted by Gasteiger charge is 2.23. The van der Waals surface area contributed by atoms with E-state index in [1.54, 1.807) is 7.05 Å². The third-order valence-corrected chi connectivity index (χ3v) is 6.49. The molecule has 0 fully saturated rings. The van der Waals surface area contributed by atoms with Crippen LogP contribution in [0.3, 0.4) is 0 Å². The van der Waals surface area contributed by atoms with Crippen LogP contribution in [0.4, 0.5) is 0 Å². The van der Waals surface area contributed by atoms with E-state index in [2.05, 4.69) is 12.2 Å². The highest BCUT2D eigenvalue weighted by molar-refractivity contribution is 8.76. The van der Waals surface area contributed by atoms with Gasteiger partial charge in [-0.25, -0.2) is 4.79 Å². The van der Waals surface area contributed by atoms with Gasteiger partial charge in [-0.2, -0.15) is 0 Å². The lowest BCUT2D eigenvalue weighted by atomic mass is 10.2. The van der Waals surface area contributed by atoms with Crippen molar-refractivity contribution in [2.24, 2.45) is 5.92 Å². The molecule has 0 spiro atoms. The molecule has 0 aliphatic heterocycles. The van der Waals surface area contributed by atoms with Crippen molar-refractivity contribution in [3.05, 3.63) is 78.7 Å². The zero-order valence-corrected chi connectivity index (χ0v) is 18.0. The summed E-state index contributed by atoms with van der Waals surface area (Å²) in [7, 11) is 4.72. The van der Waals surface area contributed by atoms with Gasteiger partial charge in [-0.3, -0.25) is 4.79 Å². The normalized spacial score (nSPS) is 12.7. The molecule has 2 atom stereocenters. The van der Waals surface area contributed by atoms with Crippen LogP contribution in [0.2, 0.25) is 0 Å². The Bertz CT molecular complexity index is 743. The number of rotatable bonds is 12. The fraction of sp³-hybridized carbons (Fsp3) is 0.318. The number of nitrogens with one attached hydrogen (secondary N) is 1. The summed E-state index contributed by atoms with van der Waals surface area (Å²) in [5.74, 6) is -0.0458. The molecule has 1 N–H and O–H groups in total. The van der Waals surface area contributed by atoms with Gasteiger partial charge >= 0.3 is 11.9 Å². The Labute approximate surface area is 180 Å². The van der Waals surface area contributed by atoms with Gasteiger partial charge in [0.15, 0.2) is 0 Å². The summed E-state index contributed by atoms with van der Waals surface area (Å²) in [6, 6.07) is 18.7. The molecule has 0 saturated carbocycles. The molecule has 2 rings (SSSR count). The van der Waals surface area contributed by atoms with Gasteiger partial charge in [0.05, 0.1) is 12.7 Å². The molecule has 5 nitrogen and oxygen atoms in total. The van der Waals surface area contributed by atoms with Crippen molar-refractivity contribution < 1.29 is 19.1 Å². The van der Waals surface area contributed by atoms with E-state index < -0.39 is 12.0 Å². The molecule has 0 aliphatic rings. The number of benzene rings is 2. The first-order valence-corrected chi connectivity index (χ1v) is 11.7. The molecule has 0 amide bonds. The van der Waals surface area contributed by atoms with Gasteiger partial charge in [-0.05, 0) is 18.2 Å². The minimum absolute atomic E-state index is 0.249. The van der Waals surface area contributed by atoms with Gasteiger partial charge in [-0.1, -0.05) is 82.3 Å². The summed E-state index contributed by atoms with van der Waals surface area (Å²) >= 11 is 0. The van der Waals surface area contributed by atoms with Gasteiger partial charge in [-0.15, -0.1) is 0 Å². The van der Waals surface area contributed by atoms with Crippen molar-refractivity contribution in [1.29, 1.82) is 0 Å². The molecular weight excluding hydrogens is 406 g/mol. The molecule has 0 saturated heterocycles. The number of hydrogen-bond acceptors (Lipinski definition) is 7. The minimum atomic E-state index is -0.464. The maximum absolute atomic E-state index is 12.2. The molecule has 0 radical (unpaired) electrons. The lowest BCUT2D eigenvalue weighted by Gasteiger charge is -2.15. The first kappa shape index (κ1) is 23.2. The molecule has 7 heteroatoms. The standard InChI is InChI=1S/C22H26NO4S2/c1-17(21(24)26-13-18-9-5-3-6-10-18)15-28-29-16-20(23-2)22(25)27-14-19-11-7-4-8-12-19/h3-12,17,20,23H,1,13-16H2,2H3/q+1. The van der Waals surface area contributed by atoms with E-state index >= 15 is 0 Å². The molecule has 29 heavy (non-hydrogen) atoms. The minimum Gasteiger partial charge on any atom is -0.460 e. The Morgan fingerprint density at radius 3 is 1.86 bits per heavy atom. The third kappa shape index (κ3) is 8.85.